The van der Waals surface area contributed by atoms with Crippen LogP contribution in [0.3, 0.4) is 0 Å². The highest BCUT2D eigenvalue weighted by molar-refractivity contribution is 6.36. The molecular formula is C67H67ClF6N12O3. The summed E-state index contributed by atoms with van der Waals surface area (Å²) < 4.78 is 93.4. The summed E-state index contributed by atoms with van der Waals surface area (Å²) in [4.78, 5) is 52.3. The van der Waals surface area contributed by atoms with Gasteiger partial charge in [-0.1, -0.05) is 61.8 Å². The molecule has 3 aliphatic rings. The molecule has 12 aromatic rings. The molecule has 3 saturated carbocycles. The van der Waals surface area contributed by atoms with Gasteiger partial charge in [-0.25, -0.2) is 14.4 Å². The predicted octanol–water partition coefficient (Wildman–Crippen LogP) is 15.0. The minimum Gasteiger partial charge on any atom is -0.343 e. The van der Waals surface area contributed by atoms with Crippen LogP contribution in [0.5, 0.6) is 0 Å². The highest BCUT2D eigenvalue weighted by Gasteiger charge is 2.33. The van der Waals surface area contributed by atoms with Gasteiger partial charge in [0.15, 0.2) is 0 Å². The summed E-state index contributed by atoms with van der Waals surface area (Å²) in [5.74, 6) is 0.631. The number of pyridine rings is 3. The molecular weight excluding hydrogens is 1170 g/mol. The maximum atomic E-state index is 13.3. The van der Waals surface area contributed by atoms with E-state index in [0.29, 0.717) is 41.2 Å². The van der Waals surface area contributed by atoms with E-state index < -0.39 is 25.2 Å². The van der Waals surface area contributed by atoms with E-state index in [4.69, 9.17) is 11.6 Å². The summed E-state index contributed by atoms with van der Waals surface area (Å²) in [5, 5.41) is 3.09. The molecule has 9 aromatic heterocycles. The smallest absolute Gasteiger partial charge is 0.343 e. The Labute approximate surface area is 511 Å². The van der Waals surface area contributed by atoms with Gasteiger partial charge in [0, 0.05) is 115 Å². The minimum atomic E-state index is -4.22. The number of rotatable bonds is 18. The van der Waals surface area contributed by atoms with Crippen molar-refractivity contribution >= 4 is 77.4 Å². The Balaban J connectivity index is 0.000000123. The second-order valence-electron chi connectivity index (χ2n) is 24.2. The van der Waals surface area contributed by atoms with Crippen LogP contribution in [-0.2, 0) is 39.3 Å². The van der Waals surface area contributed by atoms with Crippen molar-refractivity contribution in [3.63, 3.8) is 0 Å². The van der Waals surface area contributed by atoms with Crippen LogP contribution >= 0.6 is 11.6 Å². The molecule has 0 unspecified atom stereocenters. The molecule has 3 aromatic carbocycles. The van der Waals surface area contributed by atoms with Crippen molar-refractivity contribution in [1.29, 1.82) is 0 Å². The van der Waals surface area contributed by atoms with Crippen LogP contribution in [0.15, 0.2) is 155 Å². The number of hydrogen-bond donors (Lipinski definition) is 0. The van der Waals surface area contributed by atoms with Gasteiger partial charge in [-0.05, 0) is 130 Å². The molecule has 0 saturated heterocycles. The van der Waals surface area contributed by atoms with Crippen molar-refractivity contribution < 1.29 is 26.3 Å². The van der Waals surface area contributed by atoms with E-state index in [1.807, 2.05) is 108 Å². The maximum Gasteiger partial charge on any atom is 0.389 e. The van der Waals surface area contributed by atoms with E-state index in [1.165, 1.54) is 11.2 Å². The van der Waals surface area contributed by atoms with Gasteiger partial charge in [0.05, 0.1) is 80.0 Å². The van der Waals surface area contributed by atoms with Crippen molar-refractivity contribution in [3.05, 3.63) is 194 Å². The number of aromatic nitrogens is 12. The molecule has 0 atom stereocenters. The normalized spacial score (nSPS) is 14.7. The van der Waals surface area contributed by atoms with Crippen molar-refractivity contribution in [2.24, 2.45) is 5.92 Å². The molecule has 22 heteroatoms. The summed E-state index contributed by atoms with van der Waals surface area (Å²) in [5.41, 5.74) is 10.8. The number of alkyl halides is 6. The Morgan fingerprint density at radius 3 is 1.24 bits per heavy atom. The number of imidazole rings is 3. The summed E-state index contributed by atoms with van der Waals surface area (Å²) in [7, 11) is 0. The van der Waals surface area contributed by atoms with Crippen LogP contribution in [0.25, 0.3) is 65.8 Å². The van der Waals surface area contributed by atoms with E-state index in [-0.39, 0.29) is 61.6 Å². The Morgan fingerprint density at radius 2 is 0.831 bits per heavy atom. The molecule has 0 spiro atoms. The van der Waals surface area contributed by atoms with Crippen LogP contribution < -0.4 is 17.1 Å². The number of fused-ring (bicyclic) bond motifs is 6. The lowest BCUT2D eigenvalue weighted by atomic mass is 10.1. The zero-order chi connectivity index (χ0) is 61.9. The van der Waals surface area contributed by atoms with Gasteiger partial charge in [-0.3, -0.25) is 42.4 Å². The first-order valence-corrected chi connectivity index (χ1v) is 31.0. The summed E-state index contributed by atoms with van der Waals surface area (Å²) >= 11 is 6.66. The molecule has 0 radical (unpaired) electrons. The number of hydrogen-bond acceptors (Lipinski definition) is 6. The molecule has 462 valence electrons. The first kappa shape index (κ1) is 59.4. The fourth-order valence-electron chi connectivity index (χ4n) is 12.7. The average Bonchev–Trinajstić information content (AvgIpc) is 1.72. The molecule has 0 N–H and O–H groups in total. The molecule has 89 heavy (non-hydrogen) atoms. The third-order valence-corrected chi connectivity index (χ3v) is 17.8. The number of aryl methyl sites for hydroxylation is 3. The first-order valence-electron chi connectivity index (χ1n) is 30.6. The predicted molar refractivity (Wildman–Crippen MR) is 335 cm³/mol. The van der Waals surface area contributed by atoms with Crippen molar-refractivity contribution in [3.8, 4) is 0 Å². The number of para-hydroxylation sites is 6. The SMILES string of the molecule is CC(C)CCn1c(Cn2c(=O)n(C3CC3)c3ccccc32)cc2cnccc21.O=c1n(Cc2c(Cl)c3cnccc3n2CCCC(F)(F)F)c2ccccc2n1C1CC1.O=c1n(Cc2cc3cnccc3n2CCCC(F)(F)F)c2ccccc2n1C1CC1. The van der Waals surface area contributed by atoms with Gasteiger partial charge in [-0.15, -0.1) is 0 Å². The fraction of sp³-hybridized carbons (Fsp3) is 0.373. The van der Waals surface area contributed by atoms with Crippen LogP contribution in [0, 0.1) is 5.92 Å². The second kappa shape index (κ2) is 24.1. The van der Waals surface area contributed by atoms with E-state index in [1.54, 1.807) is 44.6 Å². The highest BCUT2D eigenvalue weighted by Crippen LogP contribution is 2.40. The lowest BCUT2D eigenvalue weighted by molar-refractivity contribution is -0.136. The monoisotopic (exact) mass is 1240 g/mol. The third-order valence-electron chi connectivity index (χ3n) is 17.4. The van der Waals surface area contributed by atoms with E-state index in [2.05, 4.69) is 57.6 Å². The lowest BCUT2D eigenvalue weighted by Gasteiger charge is -2.13. The first-order chi connectivity index (χ1) is 42.9. The fourth-order valence-corrected chi connectivity index (χ4v) is 13.0. The van der Waals surface area contributed by atoms with E-state index in [0.717, 1.165) is 112 Å². The highest BCUT2D eigenvalue weighted by atomic mass is 35.5. The molecule has 15 nitrogen and oxygen atoms in total. The number of halogens is 7. The molecule has 15 rings (SSSR count). The Morgan fingerprint density at radius 1 is 0.461 bits per heavy atom. The standard InChI is InChI=1S/C23H26N4O.C22H20ClF3N4O.C22H21F3N4O/c1-16(2)10-12-25-19(13-17-14-24-11-9-20(17)25)15-26-21-5-3-4-6-22(21)27(23(26)28)18-7-8-18;23-20-15-12-27-10-8-16(15)28(11-3-9-22(24,25)26)19(20)13-29-17-4-1-2-5-18(17)30(21(29)31)14-6-7-14;23-22(24,25)9-3-11-27-17(12-15-13-26-10-8-18(15)27)14-28-19-4-1-2-5-20(19)29(21(28)30)16-6-7-16/h3-6,9,11,13-14,16,18H,7-8,10,12,15H2,1-2H3;1-2,4-5,8,10,12,14H,3,6-7,9,11,13H2;1-2,4-5,8,10,12-13,16H,3,6-7,9,11,14H2. The quantitative estimate of drug-likeness (QED) is 0.0786. The van der Waals surface area contributed by atoms with Crippen LogP contribution in [-0.4, -0.2) is 68.4 Å². The van der Waals surface area contributed by atoms with Crippen LogP contribution in [0.4, 0.5) is 26.3 Å². The Kier molecular flexibility index (Phi) is 16.1. The van der Waals surface area contributed by atoms with E-state index >= 15 is 0 Å². The zero-order valence-electron chi connectivity index (χ0n) is 49.3. The molecule has 0 bridgehead atoms. The maximum absolute atomic E-state index is 13.3. The Hall–Kier alpha value is -8.59. The van der Waals surface area contributed by atoms with Crippen molar-refractivity contribution in [2.45, 2.75) is 154 Å². The minimum absolute atomic E-state index is 0.0126. The zero-order valence-corrected chi connectivity index (χ0v) is 50.1. The largest absolute Gasteiger partial charge is 0.389 e. The lowest BCUT2D eigenvalue weighted by Crippen LogP contribution is -2.25. The van der Waals surface area contributed by atoms with Crippen LogP contribution in [0.2, 0.25) is 5.02 Å². The van der Waals surface area contributed by atoms with Gasteiger partial charge in [0.2, 0.25) is 0 Å². The van der Waals surface area contributed by atoms with Gasteiger partial charge >= 0.3 is 29.4 Å². The Bertz CT molecular complexity index is 4770. The molecule has 0 aliphatic heterocycles. The summed E-state index contributed by atoms with van der Waals surface area (Å²) in [6.45, 7) is 6.92. The molecule has 3 fully saturated rings. The number of nitrogens with zero attached hydrogens (tertiary/aromatic N) is 12. The van der Waals surface area contributed by atoms with E-state index in [9.17, 15) is 40.7 Å². The second-order valence-corrected chi connectivity index (χ2v) is 24.6. The van der Waals surface area contributed by atoms with Gasteiger partial charge in [0.1, 0.15) is 0 Å². The molecule has 0 amide bonds. The topological polar surface area (TPSA) is 134 Å². The molecule has 9 heterocycles. The van der Waals surface area contributed by atoms with Crippen molar-refractivity contribution in [2.75, 3.05) is 0 Å². The van der Waals surface area contributed by atoms with Crippen molar-refractivity contribution in [1.82, 2.24) is 56.1 Å². The average molecular weight is 1240 g/mol. The summed E-state index contributed by atoms with van der Waals surface area (Å²) in [6, 6.07) is 34.0. The van der Waals surface area contributed by atoms with Gasteiger partial charge < -0.3 is 13.7 Å². The summed E-state index contributed by atoms with van der Waals surface area (Å²) in [6.07, 6.45) is 7.36. The number of benzene rings is 3. The van der Waals surface area contributed by atoms with Gasteiger partial charge in [0.25, 0.3) is 0 Å². The van der Waals surface area contributed by atoms with Gasteiger partial charge in [-0.2, -0.15) is 26.3 Å². The third kappa shape index (κ3) is 12.2. The van der Waals surface area contributed by atoms with Crippen LogP contribution in [0.1, 0.15) is 120 Å². The molecule has 3 aliphatic carbocycles.